The van der Waals surface area contributed by atoms with Crippen molar-refractivity contribution >= 4 is 0 Å². The molecule has 0 spiro atoms. The first-order chi connectivity index (χ1) is 13.3. The number of allylic oxidation sites excluding steroid dienone is 4. The molecule has 1 unspecified atom stereocenters. The van der Waals surface area contributed by atoms with Gasteiger partial charge in [-0.1, -0.05) is 76.8 Å². The van der Waals surface area contributed by atoms with Gasteiger partial charge >= 0.3 is 0 Å². The maximum atomic E-state index is 10.0. The van der Waals surface area contributed by atoms with Gasteiger partial charge in [0.05, 0.1) is 6.10 Å². The summed E-state index contributed by atoms with van der Waals surface area (Å²) in [6, 6.07) is 0. The molecular weight excluding hydrogens is 436 g/mol. The Morgan fingerprint density at radius 2 is 1.86 bits per heavy atom. The second kappa shape index (κ2) is 10.9. The fraction of sp³-hybridized carbons (Fsp3) is 0.778. The predicted octanol–water partition coefficient (Wildman–Crippen LogP) is 7.62. The largest absolute Gasteiger partial charge is 0.393 e. The third-order valence-corrected chi connectivity index (χ3v) is 8.35. The van der Waals surface area contributed by atoms with E-state index in [4.69, 9.17) is 0 Å². The molecule has 5 atom stereocenters. The molecule has 1 N–H and O–H groups in total. The molecule has 0 aromatic rings. The van der Waals surface area contributed by atoms with Gasteiger partial charge in [-0.25, -0.2) is 0 Å². The molecule has 0 aliphatic heterocycles. The SMILES string of the molecule is C=C1CC[C@H](O)C/C1=C/C=C1CCC[C@@]2(C)C1CC[C@@H]2[C@H](C)CCCC(C)C.[Mo]. The van der Waals surface area contributed by atoms with Crippen LogP contribution in [0.5, 0.6) is 0 Å². The Morgan fingerprint density at radius 1 is 1.10 bits per heavy atom. The topological polar surface area (TPSA) is 20.2 Å². The standard InChI is InChI=1S/C27H44O.Mo/c1-19(2)8-6-9-21(4)25-15-16-26-22(10-7-17-27(25,26)5)12-13-23-18-24(28)14-11-20(23)3;/h12-13,19,21,24-26,28H,3,6-11,14-18H2,1-2,4-5H3;/b22-12?,23-13-;/t21-,24+,25-,26?,27-;/m1./s1. The Balaban J connectivity index is 0.00000300. The van der Waals surface area contributed by atoms with Crippen molar-refractivity contribution in [2.45, 2.75) is 104 Å². The Kier molecular flexibility index (Phi) is 9.49. The molecule has 3 rings (SSSR count). The van der Waals surface area contributed by atoms with Crippen molar-refractivity contribution in [1.82, 2.24) is 0 Å². The van der Waals surface area contributed by atoms with Crippen molar-refractivity contribution in [3.05, 3.63) is 35.5 Å². The van der Waals surface area contributed by atoms with Gasteiger partial charge in [0.25, 0.3) is 0 Å². The molecule has 29 heavy (non-hydrogen) atoms. The summed E-state index contributed by atoms with van der Waals surface area (Å²) in [6.07, 6.45) is 18.2. The molecule has 0 aromatic carbocycles. The van der Waals surface area contributed by atoms with E-state index in [9.17, 15) is 5.11 Å². The fourth-order valence-electron chi connectivity index (χ4n) is 6.66. The molecule has 0 radical (unpaired) electrons. The van der Waals surface area contributed by atoms with Gasteiger partial charge < -0.3 is 5.11 Å². The summed E-state index contributed by atoms with van der Waals surface area (Å²) >= 11 is 0. The molecule has 164 valence electrons. The number of fused-ring (bicyclic) bond motifs is 1. The van der Waals surface area contributed by atoms with E-state index in [0.29, 0.717) is 5.41 Å². The van der Waals surface area contributed by atoms with Crippen LogP contribution in [0, 0.1) is 29.1 Å². The average Bonchev–Trinajstić information content (AvgIpc) is 2.99. The Morgan fingerprint density at radius 3 is 2.59 bits per heavy atom. The van der Waals surface area contributed by atoms with Crippen LogP contribution in [0.4, 0.5) is 0 Å². The van der Waals surface area contributed by atoms with Crippen molar-refractivity contribution in [2.75, 3.05) is 0 Å². The van der Waals surface area contributed by atoms with E-state index < -0.39 is 0 Å². The quantitative estimate of drug-likeness (QED) is 0.388. The van der Waals surface area contributed by atoms with Crippen molar-refractivity contribution in [2.24, 2.45) is 29.1 Å². The molecule has 3 aliphatic carbocycles. The predicted molar refractivity (Wildman–Crippen MR) is 121 cm³/mol. The minimum absolute atomic E-state index is 0. The van der Waals surface area contributed by atoms with Gasteiger partial charge in [-0.15, -0.1) is 0 Å². The zero-order valence-corrected chi connectivity index (χ0v) is 21.4. The van der Waals surface area contributed by atoms with E-state index >= 15 is 0 Å². The summed E-state index contributed by atoms with van der Waals surface area (Å²) in [7, 11) is 0. The smallest absolute Gasteiger partial charge is 0.0583 e. The third-order valence-electron chi connectivity index (χ3n) is 8.35. The van der Waals surface area contributed by atoms with Crippen molar-refractivity contribution in [3.8, 4) is 0 Å². The summed E-state index contributed by atoms with van der Waals surface area (Å²) in [6.45, 7) is 14.1. The number of aliphatic hydroxyl groups is 1. The molecule has 0 saturated heterocycles. The summed E-state index contributed by atoms with van der Waals surface area (Å²) < 4.78 is 0. The van der Waals surface area contributed by atoms with Crippen LogP contribution in [-0.2, 0) is 21.1 Å². The molecular formula is C27H44MoO. The van der Waals surface area contributed by atoms with Crippen LogP contribution < -0.4 is 0 Å². The van der Waals surface area contributed by atoms with Gasteiger partial charge in [0.1, 0.15) is 0 Å². The third kappa shape index (κ3) is 5.97. The molecule has 3 fully saturated rings. The molecule has 1 nitrogen and oxygen atoms in total. The molecule has 2 heteroatoms. The zero-order chi connectivity index (χ0) is 20.3. The van der Waals surface area contributed by atoms with E-state index in [2.05, 4.69) is 46.4 Å². The molecule has 0 heterocycles. The minimum Gasteiger partial charge on any atom is -0.393 e. The maximum absolute atomic E-state index is 10.0. The second-order valence-electron chi connectivity index (χ2n) is 10.8. The minimum atomic E-state index is -0.172. The first-order valence-electron chi connectivity index (χ1n) is 12.1. The van der Waals surface area contributed by atoms with Crippen molar-refractivity contribution in [1.29, 1.82) is 0 Å². The molecule has 0 aromatic heterocycles. The van der Waals surface area contributed by atoms with Crippen LogP contribution in [0.3, 0.4) is 0 Å². The van der Waals surface area contributed by atoms with Gasteiger partial charge in [-0.3, -0.25) is 0 Å². The van der Waals surface area contributed by atoms with Crippen LogP contribution in [0.1, 0.15) is 98.3 Å². The van der Waals surface area contributed by atoms with Crippen LogP contribution in [0.15, 0.2) is 35.5 Å². The summed E-state index contributed by atoms with van der Waals surface area (Å²) in [4.78, 5) is 0. The van der Waals surface area contributed by atoms with E-state index in [0.717, 1.165) is 42.9 Å². The summed E-state index contributed by atoms with van der Waals surface area (Å²) in [5.41, 5.74) is 4.72. The monoisotopic (exact) mass is 482 g/mol. The first-order valence-corrected chi connectivity index (χ1v) is 12.1. The Hall–Kier alpha value is -0.132. The molecule has 0 amide bonds. The Bertz CT molecular complexity index is 616. The average molecular weight is 481 g/mol. The van der Waals surface area contributed by atoms with Gasteiger partial charge in [-0.2, -0.15) is 0 Å². The normalized spacial score (nSPS) is 36.3. The van der Waals surface area contributed by atoms with E-state index in [-0.39, 0.29) is 27.2 Å². The van der Waals surface area contributed by atoms with Gasteiger partial charge in [-0.05, 0) is 86.0 Å². The van der Waals surface area contributed by atoms with Crippen molar-refractivity contribution < 1.29 is 26.2 Å². The summed E-state index contributed by atoms with van der Waals surface area (Å²) in [5.74, 6) is 3.37. The molecule has 0 bridgehead atoms. The molecule has 3 aliphatic rings. The van der Waals surface area contributed by atoms with Gasteiger partial charge in [0, 0.05) is 21.1 Å². The van der Waals surface area contributed by atoms with E-state index in [1.165, 1.54) is 62.5 Å². The van der Waals surface area contributed by atoms with Crippen molar-refractivity contribution in [3.63, 3.8) is 0 Å². The maximum Gasteiger partial charge on any atom is 0.0583 e. The van der Waals surface area contributed by atoms with Gasteiger partial charge in [0.2, 0.25) is 0 Å². The van der Waals surface area contributed by atoms with Crippen LogP contribution >= 0.6 is 0 Å². The van der Waals surface area contributed by atoms with Crippen LogP contribution in [0.25, 0.3) is 0 Å². The molecule has 3 saturated carbocycles. The second-order valence-corrected chi connectivity index (χ2v) is 10.8. The van der Waals surface area contributed by atoms with Crippen LogP contribution in [0.2, 0.25) is 0 Å². The number of rotatable bonds is 6. The summed E-state index contributed by atoms with van der Waals surface area (Å²) in [5, 5.41) is 10.0. The van der Waals surface area contributed by atoms with E-state index in [1.807, 2.05) is 0 Å². The number of hydrogen-bond acceptors (Lipinski definition) is 1. The first kappa shape index (κ1) is 25.1. The van der Waals surface area contributed by atoms with Gasteiger partial charge in [0.15, 0.2) is 0 Å². The number of hydrogen-bond donors (Lipinski definition) is 1. The van der Waals surface area contributed by atoms with Crippen LogP contribution in [-0.4, -0.2) is 11.2 Å². The fourth-order valence-corrected chi connectivity index (χ4v) is 6.66. The van der Waals surface area contributed by atoms with E-state index in [1.54, 1.807) is 5.57 Å². The number of aliphatic hydroxyl groups excluding tert-OH is 1. The zero-order valence-electron chi connectivity index (χ0n) is 19.4. The Labute approximate surface area is 194 Å².